The molecule has 0 rings (SSSR count). The molecule has 8 nitrogen and oxygen atoms in total. The molecule has 0 aromatic heterocycles. The van der Waals surface area contributed by atoms with Gasteiger partial charge in [0, 0.05) is 13.0 Å². The third-order valence-electron chi connectivity index (χ3n) is 7.16. The summed E-state index contributed by atoms with van der Waals surface area (Å²) in [7, 11) is -4.34. The van der Waals surface area contributed by atoms with Crippen LogP contribution in [0.4, 0.5) is 0 Å². The first kappa shape index (κ1) is 42.5. The van der Waals surface area contributed by atoms with Crippen LogP contribution in [0.15, 0.2) is 48.6 Å². The molecule has 3 atom stereocenters. The molecule has 1 amide bonds. The van der Waals surface area contributed by atoms with Crippen molar-refractivity contribution < 1.29 is 28.4 Å². The lowest BCUT2D eigenvalue weighted by Crippen LogP contribution is -2.45. The number of nitrogens with two attached hydrogens (primary N) is 1. The zero-order valence-corrected chi connectivity index (χ0v) is 28.8. The second kappa shape index (κ2) is 31.4. The smallest absolute Gasteiger partial charge is 0.387 e. The van der Waals surface area contributed by atoms with Crippen molar-refractivity contribution in [3.63, 3.8) is 0 Å². The minimum atomic E-state index is -4.34. The molecule has 0 saturated heterocycles. The lowest BCUT2D eigenvalue weighted by molar-refractivity contribution is -0.123. The third-order valence-corrected chi connectivity index (χ3v) is 8.14. The molecule has 0 bridgehead atoms. The zero-order valence-electron chi connectivity index (χ0n) is 27.9. The van der Waals surface area contributed by atoms with E-state index in [0.29, 0.717) is 6.42 Å². The highest BCUT2D eigenvalue weighted by Gasteiger charge is 2.26. The van der Waals surface area contributed by atoms with Gasteiger partial charge >= 0.3 is 7.82 Å². The van der Waals surface area contributed by atoms with Gasteiger partial charge in [-0.1, -0.05) is 127 Å². The number of unbranched alkanes of at least 4 members (excludes halogenated alkanes) is 13. The van der Waals surface area contributed by atoms with E-state index in [-0.39, 0.29) is 25.7 Å². The van der Waals surface area contributed by atoms with E-state index in [9.17, 15) is 19.4 Å². The van der Waals surface area contributed by atoms with E-state index in [1.54, 1.807) is 6.08 Å². The Balaban J connectivity index is 4.46. The molecule has 256 valence electrons. The number of allylic oxidation sites excluding steroid dienone is 7. The lowest BCUT2D eigenvalue weighted by Gasteiger charge is -2.23. The van der Waals surface area contributed by atoms with Crippen LogP contribution in [0, 0.1) is 0 Å². The molecule has 0 aliphatic carbocycles. The van der Waals surface area contributed by atoms with Gasteiger partial charge in [0.05, 0.1) is 25.4 Å². The number of hydrogen-bond donors (Lipinski definition) is 4. The SMILES string of the molecule is CC/C=C\C/C=C\C/C=C\CCCCCC(=O)NC(COP(=O)(O)OCCN)C(O)/C=C/CCCCCCCCCCCC. The molecule has 0 aromatic rings. The lowest BCUT2D eigenvalue weighted by atomic mass is 10.1. The molecule has 0 aliphatic rings. The topological polar surface area (TPSA) is 131 Å². The van der Waals surface area contributed by atoms with Crippen LogP contribution < -0.4 is 11.1 Å². The number of phosphoric acid groups is 1. The van der Waals surface area contributed by atoms with E-state index in [4.69, 9.17) is 14.8 Å². The van der Waals surface area contributed by atoms with Gasteiger partial charge in [-0.25, -0.2) is 4.57 Å². The molecule has 3 unspecified atom stereocenters. The quantitative estimate of drug-likeness (QED) is 0.0339. The highest BCUT2D eigenvalue weighted by atomic mass is 31.2. The average molecular weight is 641 g/mol. The summed E-state index contributed by atoms with van der Waals surface area (Å²) in [6.07, 6.45) is 35.8. The van der Waals surface area contributed by atoms with Crippen LogP contribution in [0.5, 0.6) is 0 Å². The maximum atomic E-state index is 12.6. The predicted molar refractivity (Wildman–Crippen MR) is 184 cm³/mol. The van der Waals surface area contributed by atoms with E-state index in [1.807, 2.05) is 6.08 Å². The summed E-state index contributed by atoms with van der Waals surface area (Å²) in [4.78, 5) is 22.5. The van der Waals surface area contributed by atoms with Gasteiger partial charge < -0.3 is 21.1 Å². The van der Waals surface area contributed by atoms with Crippen molar-refractivity contribution in [3.05, 3.63) is 48.6 Å². The number of aliphatic hydroxyl groups excluding tert-OH is 1. The summed E-state index contributed by atoms with van der Waals surface area (Å²) in [6, 6.07) is -0.873. The third kappa shape index (κ3) is 29.2. The monoisotopic (exact) mass is 640 g/mol. The molecule has 5 N–H and O–H groups in total. The Morgan fingerprint density at radius 2 is 1.32 bits per heavy atom. The van der Waals surface area contributed by atoms with E-state index >= 15 is 0 Å². The van der Waals surface area contributed by atoms with Gasteiger partial charge in [-0.05, 0) is 51.4 Å². The summed E-state index contributed by atoms with van der Waals surface area (Å²) in [5.74, 6) is -0.228. The molecule has 9 heteroatoms. The minimum absolute atomic E-state index is 0.0716. The standard InChI is InChI=1S/C35H65N2O6P/c1-3-5-7-9-11-13-15-17-19-21-23-25-27-29-35(39)37-33(32-43-44(40,41)42-31-30-36)34(38)28-26-24-22-20-18-16-14-12-10-8-6-4-2/h5,7,11,13,17,19,26,28,33-34,38H,3-4,6,8-10,12,14-16,18,20-25,27,29-32,36H2,1-2H3,(H,37,39)(H,40,41)/b7-5-,13-11-,19-17-,28-26+. The minimum Gasteiger partial charge on any atom is -0.387 e. The fourth-order valence-electron chi connectivity index (χ4n) is 4.55. The highest BCUT2D eigenvalue weighted by molar-refractivity contribution is 7.47. The first-order chi connectivity index (χ1) is 21.4. The van der Waals surface area contributed by atoms with Crippen LogP contribution in [-0.4, -0.2) is 47.8 Å². The van der Waals surface area contributed by atoms with Crippen molar-refractivity contribution in [3.8, 4) is 0 Å². The first-order valence-electron chi connectivity index (χ1n) is 17.3. The van der Waals surface area contributed by atoms with Gasteiger partial charge in [-0.2, -0.15) is 0 Å². The summed E-state index contributed by atoms with van der Waals surface area (Å²) in [5.41, 5.74) is 5.34. The summed E-state index contributed by atoms with van der Waals surface area (Å²) >= 11 is 0. The molecular weight excluding hydrogens is 575 g/mol. The molecule has 0 saturated carbocycles. The number of rotatable bonds is 31. The molecule has 0 aliphatic heterocycles. The number of nitrogens with one attached hydrogen (secondary N) is 1. The second-order valence-corrected chi connectivity index (χ2v) is 12.8. The van der Waals surface area contributed by atoms with E-state index in [2.05, 4.69) is 55.6 Å². The van der Waals surface area contributed by atoms with E-state index < -0.39 is 20.0 Å². The molecule has 0 aromatic carbocycles. The van der Waals surface area contributed by atoms with Gasteiger partial charge in [0.1, 0.15) is 0 Å². The van der Waals surface area contributed by atoms with Crippen molar-refractivity contribution in [2.45, 2.75) is 148 Å². The summed E-state index contributed by atoms with van der Waals surface area (Å²) < 4.78 is 21.9. The van der Waals surface area contributed by atoms with E-state index in [1.165, 1.54) is 51.4 Å². The number of carbonyl (C=O) groups is 1. The van der Waals surface area contributed by atoms with Crippen molar-refractivity contribution >= 4 is 13.7 Å². The molecule has 0 heterocycles. The Hall–Kier alpha value is -1.54. The Bertz CT molecular complexity index is 830. The van der Waals surface area contributed by atoms with Gasteiger partial charge in [0.2, 0.25) is 5.91 Å². The Kier molecular flexibility index (Phi) is 30.3. The fraction of sp³-hybridized carbons (Fsp3) is 0.743. The van der Waals surface area contributed by atoms with Gasteiger partial charge in [0.25, 0.3) is 0 Å². The van der Waals surface area contributed by atoms with Gasteiger partial charge in [-0.15, -0.1) is 0 Å². The Labute approximate surface area is 269 Å². The van der Waals surface area contributed by atoms with Crippen LogP contribution in [0.1, 0.15) is 136 Å². The molecule has 0 fully saturated rings. The van der Waals surface area contributed by atoms with Crippen LogP contribution in [0.2, 0.25) is 0 Å². The number of carbonyl (C=O) groups excluding carboxylic acids is 1. The maximum absolute atomic E-state index is 12.6. The highest BCUT2D eigenvalue weighted by Crippen LogP contribution is 2.43. The largest absolute Gasteiger partial charge is 0.472 e. The molecule has 44 heavy (non-hydrogen) atoms. The van der Waals surface area contributed by atoms with E-state index in [0.717, 1.165) is 64.2 Å². The number of hydrogen-bond acceptors (Lipinski definition) is 6. The van der Waals surface area contributed by atoms with Gasteiger partial charge in [0.15, 0.2) is 0 Å². The Morgan fingerprint density at radius 3 is 1.93 bits per heavy atom. The van der Waals surface area contributed by atoms with Crippen molar-refractivity contribution in [2.24, 2.45) is 5.73 Å². The number of aliphatic hydroxyl groups is 1. The summed E-state index contributed by atoms with van der Waals surface area (Å²) in [6.45, 7) is 3.95. The van der Waals surface area contributed by atoms with Crippen LogP contribution in [0.25, 0.3) is 0 Å². The zero-order chi connectivity index (χ0) is 32.6. The molecule has 0 radical (unpaired) electrons. The van der Waals surface area contributed by atoms with Gasteiger partial charge in [-0.3, -0.25) is 13.8 Å². The number of amides is 1. The van der Waals surface area contributed by atoms with Crippen LogP contribution in [0.3, 0.4) is 0 Å². The Morgan fingerprint density at radius 1 is 0.773 bits per heavy atom. The first-order valence-corrected chi connectivity index (χ1v) is 18.8. The molecular formula is C35H65N2O6P. The summed E-state index contributed by atoms with van der Waals surface area (Å²) in [5, 5.41) is 13.5. The maximum Gasteiger partial charge on any atom is 0.472 e. The second-order valence-electron chi connectivity index (χ2n) is 11.3. The van der Waals surface area contributed by atoms with Crippen molar-refractivity contribution in [1.29, 1.82) is 0 Å². The molecule has 0 spiro atoms. The van der Waals surface area contributed by atoms with Crippen LogP contribution in [-0.2, 0) is 18.4 Å². The van der Waals surface area contributed by atoms with Crippen molar-refractivity contribution in [2.75, 3.05) is 19.8 Å². The van der Waals surface area contributed by atoms with Crippen molar-refractivity contribution in [1.82, 2.24) is 5.32 Å². The predicted octanol–water partition coefficient (Wildman–Crippen LogP) is 8.60. The number of phosphoric ester groups is 1. The average Bonchev–Trinajstić information content (AvgIpc) is 3.01. The normalized spacial score (nSPS) is 15.1. The van der Waals surface area contributed by atoms with Crippen LogP contribution >= 0.6 is 7.82 Å². The fourth-order valence-corrected chi connectivity index (χ4v) is 5.31.